The molecule has 6 nitrogen and oxygen atoms in total. The first kappa shape index (κ1) is 15.4. The number of fused-ring (bicyclic) bond motifs is 1. The molecule has 0 atom stereocenters. The average Bonchev–Trinajstić information content (AvgIpc) is 2.97. The minimum atomic E-state index is -0.527. The number of benzene rings is 2. The Hall–Kier alpha value is -3.09. The Balaban J connectivity index is 1.60. The Kier molecular flexibility index (Phi) is 3.97. The molecule has 3 aromatic rings. The fourth-order valence-corrected chi connectivity index (χ4v) is 2.90. The molecule has 0 spiro atoms. The Bertz CT molecular complexity index is 933. The van der Waals surface area contributed by atoms with Crippen molar-refractivity contribution in [2.75, 3.05) is 18.1 Å². The van der Waals surface area contributed by atoms with Gasteiger partial charge in [0.1, 0.15) is 18.2 Å². The number of hydrogen-bond acceptors (Lipinski definition) is 5. The number of aromatic nitrogens is 2. The van der Waals surface area contributed by atoms with E-state index in [2.05, 4.69) is 10.1 Å². The molecule has 4 rings (SSSR count). The molecule has 0 bridgehead atoms. The van der Waals surface area contributed by atoms with Crippen LogP contribution in [0, 0.1) is 5.82 Å². The Morgan fingerprint density at radius 1 is 1.08 bits per heavy atom. The van der Waals surface area contributed by atoms with Crippen LogP contribution in [0.3, 0.4) is 0 Å². The highest BCUT2D eigenvalue weighted by Gasteiger charge is 2.21. The summed E-state index contributed by atoms with van der Waals surface area (Å²) in [5.74, 6) is 0.489. The van der Waals surface area contributed by atoms with Gasteiger partial charge in [-0.25, -0.2) is 9.18 Å². The summed E-state index contributed by atoms with van der Waals surface area (Å²) in [4.78, 5) is 14.1. The summed E-state index contributed by atoms with van der Waals surface area (Å²) in [6, 6.07) is 13.8. The molecule has 0 saturated carbocycles. The van der Waals surface area contributed by atoms with Crippen molar-refractivity contribution in [1.82, 2.24) is 9.72 Å². The van der Waals surface area contributed by atoms with Crippen molar-refractivity contribution in [3.63, 3.8) is 0 Å². The SMILES string of the molecule is O=c1onc(CN2CCOc3ccccc32)n1Cc1ccc(F)cc1. The Morgan fingerprint density at radius 3 is 2.72 bits per heavy atom. The van der Waals surface area contributed by atoms with Gasteiger partial charge in [-0.3, -0.25) is 9.09 Å². The first-order valence-corrected chi connectivity index (χ1v) is 7.97. The van der Waals surface area contributed by atoms with Gasteiger partial charge in [0.05, 0.1) is 25.3 Å². The van der Waals surface area contributed by atoms with E-state index in [-0.39, 0.29) is 12.4 Å². The molecule has 0 aliphatic carbocycles. The predicted molar refractivity (Wildman–Crippen MR) is 89.3 cm³/mol. The van der Waals surface area contributed by atoms with Gasteiger partial charge in [-0.1, -0.05) is 29.4 Å². The van der Waals surface area contributed by atoms with Crippen molar-refractivity contribution in [2.24, 2.45) is 0 Å². The van der Waals surface area contributed by atoms with Gasteiger partial charge >= 0.3 is 5.76 Å². The first-order chi connectivity index (χ1) is 12.2. The lowest BCUT2D eigenvalue weighted by molar-refractivity contribution is 0.305. The molecule has 0 fully saturated rings. The summed E-state index contributed by atoms with van der Waals surface area (Å²) in [6.07, 6.45) is 0. The lowest BCUT2D eigenvalue weighted by Crippen LogP contribution is -2.33. The molecule has 0 radical (unpaired) electrons. The standard InChI is InChI=1S/C18H16FN3O3/c19-14-7-5-13(6-8-14)11-22-17(20-25-18(22)23)12-21-9-10-24-16-4-2-1-3-15(16)21/h1-8H,9-12H2. The van der Waals surface area contributed by atoms with Crippen LogP contribution in [-0.2, 0) is 13.1 Å². The number of rotatable bonds is 4. The van der Waals surface area contributed by atoms with Crippen molar-refractivity contribution < 1.29 is 13.7 Å². The maximum absolute atomic E-state index is 13.1. The second-order valence-electron chi connectivity index (χ2n) is 5.82. The zero-order chi connectivity index (χ0) is 17.2. The van der Waals surface area contributed by atoms with Gasteiger partial charge in [0.15, 0.2) is 5.82 Å². The van der Waals surface area contributed by atoms with Crippen LogP contribution < -0.4 is 15.4 Å². The summed E-state index contributed by atoms with van der Waals surface area (Å²) in [7, 11) is 0. The van der Waals surface area contributed by atoms with Crippen LogP contribution >= 0.6 is 0 Å². The van der Waals surface area contributed by atoms with Gasteiger partial charge in [0, 0.05) is 0 Å². The van der Waals surface area contributed by atoms with Crippen LogP contribution in [0.1, 0.15) is 11.4 Å². The largest absolute Gasteiger partial charge is 0.490 e. The minimum Gasteiger partial charge on any atom is -0.490 e. The van der Waals surface area contributed by atoms with E-state index < -0.39 is 5.76 Å². The Labute approximate surface area is 143 Å². The zero-order valence-electron chi connectivity index (χ0n) is 13.4. The van der Waals surface area contributed by atoms with Crippen LogP contribution in [-0.4, -0.2) is 22.9 Å². The van der Waals surface area contributed by atoms with Crippen LogP contribution in [0.2, 0.25) is 0 Å². The van der Waals surface area contributed by atoms with Gasteiger partial charge in [0.25, 0.3) is 0 Å². The smallest absolute Gasteiger partial charge is 0.441 e. The monoisotopic (exact) mass is 341 g/mol. The van der Waals surface area contributed by atoms with E-state index in [4.69, 9.17) is 9.26 Å². The van der Waals surface area contributed by atoms with E-state index in [0.717, 1.165) is 17.0 Å². The molecule has 0 unspecified atom stereocenters. The molecule has 2 aromatic carbocycles. The lowest BCUT2D eigenvalue weighted by atomic mass is 10.2. The average molecular weight is 341 g/mol. The number of ether oxygens (including phenoxy) is 1. The van der Waals surface area contributed by atoms with E-state index in [9.17, 15) is 9.18 Å². The van der Waals surface area contributed by atoms with Crippen LogP contribution in [0.25, 0.3) is 0 Å². The van der Waals surface area contributed by atoms with Crippen molar-refractivity contribution in [1.29, 1.82) is 0 Å². The molecule has 7 heteroatoms. The lowest BCUT2D eigenvalue weighted by Gasteiger charge is -2.30. The van der Waals surface area contributed by atoms with Gasteiger partial charge in [-0.2, -0.15) is 0 Å². The van der Waals surface area contributed by atoms with Crippen molar-refractivity contribution in [3.05, 3.63) is 76.3 Å². The van der Waals surface area contributed by atoms with Gasteiger partial charge in [-0.15, -0.1) is 0 Å². The number of hydrogen-bond donors (Lipinski definition) is 0. The molecule has 128 valence electrons. The van der Waals surface area contributed by atoms with Gasteiger partial charge < -0.3 is 9.64 Å². The maximum atomic E-state index is 13.1. The van der Waals surface area contributed by atoms with Crippen LogP contribution in [0.15, 0.2) is 57.8 Å². The van der Waals surface area contributed by atoms with E-state index in [0.29, 0.717) is 25.5 Å². The summed E-state index contributed by atoms with van der Waals surface area (Å²) in [6.45, 7) is 1.96. The van der Waals surface area contributed by atoms with Gasteiger partial charge in [0.2, 0.25) is 0 Å². The van der Waals surface area contributed by atoms with Crippen LogP contribution in [0.4, 0.5) is 10.1 Å². The van der Waals surface area contributed by atoms with Gasteiger partial charge in [-0.05, 0) is 29.8 Å². The second-order valence-corrected chi connectivity index (χ2v) is 5.82. The summed E-state index contributed by atoms with van der Waals surface area (Å²) >= 11 is 0. The van der Waals surface area contributed by atoms with Crippen molar-refractivity contribution in [2.45, 2.75) is 13.1 Å². The first-order valence-electron chi connectivity index (χ1n) is 7.97. The van der Waals surface area contributed by atoms with Crippen molar-refractivity contribution in [3.8, 4) is 5.75 Å². The van der Waals surface area contributed by atoms with Crippen molar-refractivity contribution >= 4 is 5.69 Å². The number of anilines is 1. The molecule has 1 aromatic heterocycles. The third-order valence-corrected chi connectivity index (χ3v) is 4.17. The second kappa shape index (κ2) is 6.43. The molecule has 2 heterocycles. The molecule has 0 saturated heterocycles. The fourth-order valence-electron chi connectivity index (χ4n) is 2.90. The number of halogens is 1. The molecular formula is C18H16FN3O3. The third-order valence-electron chi connectivity index (χ3n) is 4.17. The molecule has 25 heavy (non-hydrogen) atoms. The molecule has 0 amide bonds. The molecular weight excluding hydrogens is 325 g/mol. The highest BCUT2D eigenvalue weighted by Crippen LogP contribution is 2.31. The minimum absolute atomic E-state index is 0.282. The highest BCUT2D eigenvalue weighted by molar-refractivity contribution is 5.59. The quantitative estimate of drug-likeness (QED) is 0.729. The maximum Gasteiger partial charge on any atom is 0.441 e. The fraction of sp³-hybridized carbons (Fsp3) is 0.222. The van der Waals surface area contributed by atoms with E-state index in [1.165, 1.54) is 16.7 Å². The molecule has 0 N–H and O–H groups in total. The summed E-state index contributed by atoms with van der Waals surface area (Å²) < 4.78 is 25.0. The van der Waals surface area contributed by atoms with E-state index in [1.807, 2.05) is 24.3 Å². The zero-order valence-corrected chi connectivity index (χ0v) is 13.4. The normalized spacial score (nSPS) is 13.4. The summed E-state index contributed by atoms with van der Waals surface area (Å²) in [5.41, 5.74) is 1.76. The third kappa shape index (κ3) is 3.13. The predicted octanol–water partition coefficient (Wildman–Crippen LogP) is 2.42. The molecule has 1 aliphatic heterocycles. The molecule has 1 aliphatic rings. The highest BCUT2D eigenvalue weighted by atomic mass is 19.1. The van der Waals surface area contributed by atoms with E-state index in [1.54, 1.807) is 12.1 Å². The summed E-state index contributed by atoms with van der Waals surface area (Å²) in [5, 5.41) is 3.92. The van der Waals surface area contributed by atoms with Crippen LogP contribution in [0.5, 0.6) is 5.75 Å². The Morgan fingerprint density at radius 2 is 1.88 bits per heavy atom. The van der Waals surface area contributed by atoms with E-state index >= 15 is 0 Å². The number of nitrogens with zero attached hydrogens (tertiary/aromatic N) is 3. The topological polar surface area (TPSA) is 60.5 Å². The number of para-hydroxylation sites is 2.